The van der Waals surface area contributed by atoms with Crippen molar-refractivity contribution in [2.45, 2.75) is 38.6 Å². The van der Waals surface area contributed by atoms with Crippen molar-refractivity contribution >= 4 is 18.3 Å². The molecule has 0 fully saturated rings. The number of amides is 1. The summed E-state index contributed by atoms with van der Waals surface area (Å²) in [6.45, 7) is 7.70. The van der Waals surface area contributed by atoms with E-state index in [2.05, 4.69) is 5.32 Å². The van der Waals surface area contributed by atoms with Crippen LogP contribution in [-0.2, 0) is 10.2 Å². The lowest BCUT2D eigenvalue weighted by Crippen LogP contribution is -2.49. The highest BCUT2D eigenvalue weighted by Gasteiger charge is 2.30. The van der Waals surface area contributed by atoms with Gasteiger partial charge in [-0.15, -0.1) is 12.4 Å². The molecule has 0 saturated heterocycles. The van der Waals surface area contributed by atoms with Crippen molar-refractivity contribution in [1.82, 2.24) is 5.32 Å². The lowest BCUT2D eigenvalue weighted by Gasteiger charge is -2.27. The average molecular weight is 289 g/mol. The summed E-state index contributed by atoms with van der Waals surface area (Å²) in [7, 11) is 0. The van der Waals surface area contributed by atoms with Gasteiger partial charge >= 0.3 is 0 Å². The van der Waals surface area contributed by atoms with Crippen molar-refractivity contribution in [1.29, 1.82) is 0 Å². The lowest BCUT2D eigenvalue weighted by molar-refractivity contribution is -0.125. The number of hydrogen-bond acceptors (Lipinski definition) is 2. The Morgan fingerprint density at radius 3 is 2.11 bits per heavy atom. The molecule has 1 aromatic rings. The number of carbonyl (C=O) groups excluding carboxylic acids is 1. The van der Waals surface area contributed by atoms with Gasteiger partial charge in [0.1, 0.15) is 5.82 Å². The van der Waals surface area contributed by atoms with Gasteiger partial charge < -0.3 is 11.1 Å². The summed E-state index contributed by atoms with van der Waals surface area (Å²) in [4.78, 5) is 12.1. The summed E-state index contributed by atoms with van der Waals surface area (Å²) in [5.74, 6) is -0.425. The zero-order valence-electron chi connectivity index (χ0n) is 11.8. The number of hydrogen-bond donors (Lipinski definition) is 2. The first-order chi connectivity index (χ1) is 8.13. The third kappa shape index (κ3) is 5.17. The number of nitrogens with two attached hydrogens (primary N) is 1. The Kier molecular flexibility index (Phi) is 5.97. The second-order valence-corrected chi connectivity index (χ2v) is 5.80. The van der Waals surface area contributed by atoms with Crippen LogP contribution < -0.4 is 11.1 Å². The van der Waals surface area contributed by atoms with Crippen LogP contribution in [0.25, 0.3) is 0 Å². The third-order valence-corrected chi connectivity index (χ3v) is 2.84. The maximum Gasteiger partial charge on any atom is 0.230 e. The molecule has 1 aromatic carbocycles. The minimum absolute atomic E-state index is 0. The average Bonchev–Trinajstić information content (AvgIpc) is 2.25. The Morgan fingerprint density at radius 2 is 1.68 bits per heavy atom. The molecule has 108 valence electrons. The summed E-state index contributed by atoms with van der Waals surface area (Å²) in [6, 6.07) is 5.97. The van der Waals surface area contributed by atoms with Crippen LogP contribution in [0.15, 0.2) is 24.3 Å². The van der Waals surface area contributed by atoms with E-state index in [-0.39, 0.29) is 24.1 Å². The highest BCUT2D eigenvalue weighted by molar-refractivity contribution is 5.87. The van der Waals surface area contributed by atoms with E-state index in [1.165, 1.54) is 12.1 Å². The van der Waals surface area contributed by atoms with E-state index in [1.807, 2.05) is 13.8 Å². The second kappa shape index (κ2) is 6.35. The zero-order chi connectivity index (χ0) is 14.0. The molecule has 1 amide bonds. The highest BCUT2D eigenvalue weighted by Crippen LogP contribution is 2.23. The van der Waals surface area contributed by atoms with Gasteiger partial charge in [0.05, 0.1) is 5.41 Å². The summed E-state index contributed by atoms with van der Waals surface area (Å²) in [5.41, 5.74) is 5.44. The Bertz CT molecular complexity index is 424. The van der Waals surface area contributed by atoms with Crippen LogP contribution in [0, 0.1) is 5.82 Å². The van der Waals surface area contributed by atoms with Crippen molar-refractivity contribution < 1.29 is 9.18 Å². The number of carbonyl (C=O) groups is 1. The minimum Gasteiger partial charge on any atom is -0.354 e. The molecule has 0 atom stereocenters. The molecule has 0 radical (unpaired) electrons. The predicted molar refractivity (Wildman–Crippen MR) is 78.0 cm³/mol. The lowest BCUT2D eigenvalue weighted by atomic mass is 9.83. The molecule has 0 aliphatic rings. The van der Waals surface area contributed by atoms with E-state index in [9.17, 15) is 9.18 Å². The van der Waals surface area contributed by atoms with E-state index < -0.39 is 11.0 Å². The maximum absolute atomic E-state index is 12.9. The van der Waals surface area contributed by atoms with Crippen LogP contribution in [0.3, 0.4) is 0 Å². The van der Waals surface area contributed by atoms with Gasteiger partial charge in [0.2, 0.25) is 5.91 Å². The fourth-order valence-corrected chi connectivity index (χ4v) is 1.53. The van der Waals surface area contributed by atoms with Crippen LogP contribution in [-0.4, -0.2) is 18.0 Å². The summed E-state index contributed by atoms with van der Waals surface area (Å²) in [5, 5.41) is 2.82. The first-order valence-corrected chi connectivity index (χ1v) is 5.96. The van der Waals surface area contributed by atoms with Gasteiger partial charge in [0.15, 0.2) is 0 Å². The topological polar surface area (TPSA) is 55.1 Å². The molecule has 0 spiro atoms. The molecular formula is C14H22ClFN2O. The summed E-state index contributed by atoms with van der Waals surface area (Å²) < 4.78 is 12.9. The molecule has 0 heterocycles. The van der Waals surface area contributed by atoms with Crippen LogP contribution >= 0.6 is 12.4 Å². The van der Waals surface area contributed by atoms with Crippen molar-refractivity contribution in [2.24, 2.45) is 5.73 Å². The van der Waals surface area contributed by atoms with Gasteiger partial charge in [-0.1, -0.05) is 12.1 Å². The van der Waals surface area contributed by atoms with Crippen molar-refractivity contribution in [3.63, 3.8) is 0 Å². The number of rotatable bonds is 4. The smallest absolute Gasteiger partial charge is 0.230 e. The molecule has 5 heteroatoms. The first-order valence-electron chi connectivity index (χ1n) is 5.96. The monoisotopic (exact) mass is 288 g/mol. The molecule has 0 aromatic heterocycles. The maximum atomic E-state index is 12.9. The molecule has 3 nitrogen and oxygen atoms in total. The van der Waals surface area contributed by atoms with Crippen LogP contribution in [0.1, 0.15) is 33.3 Å². The predicted octanol–water partition coefficient (Wildman–Crippen LogP) is 2.38. The zero-order valence-corrected chi connectivity index (χ0v) is 12.6. The molecule has 0 unspecified atom stereocenters. The third-order valence-electron chi connectivity index (χ3n) is 2.84. The Labute approximate surface area is 120 Å². The molecule has 0 aliphatic carbocycles. The van der Waals surface area contributed by atoms with Crippen LogP contribution in [0.4, 0.5) is 4.39 Å². The van der Waals surface area contributed by atoms with Gasteiger partial charge in [0.25, 0.3) is 0 Å². The normalized spacial score (nSPS) is 11.7. The van der Waals surface area contributed by atoms with Crippen molar-refractivity contribution in [2.75, 3.05) is 6.54 Å². The van der Waals surface area contributed by atoms with Gasteiger partial charge in [-0.05, 0) is 45.4 Å². The Balaban J connectivity index is 0.00000324. The van der Waals surface area contributed by atoms with E-state index in [0.717, 1.165) is 5.56 Å². The van der Waals surface area contributed by atoms with Crippen molar-refractivity contribution in [3.8, 4) is 0 Å². The number of nitrogens with one attached hydrogen (secondary N) is 1. The fourth-order valence-electron chi connectivity index (χ4n) is 1.53. The number of halogens is 2. The Hall–Kier alpha value is -1.13. The van der Waals surface area contributed by atoms with Gasteiger partial charge in [0, 0.05) is 12.1 Å². The van der Waals surface area contributed by atoms with E-state index in [1.54, 1.807) is 26.0 Å². The molecule has 1 rings (SSSR count). The van der Waals surface area contributed by atoms with Crippen molar-refractivity contribution in [3.05, 3.63) is 35.6 Å². The largest absolute Gasteiger partial charge is 0.354 e. The Morgan fingerprint density at radius 1 is 1.21 bits per heavy atom. The van der Waals surface area contributed by atoms with Crippen LogP contribution in [0.5, 0.6) is 0 Å². The van der Waals surface area contributed by atoms with Gasteiger partial charge in [-0.3, -0.25) is 4.79 Å². The summed E-state index contributed by atoms with van der Waals surface area (Å²) >= 11 is 0. The molecular weight excluding hydrogens is 267 g/mol. The van der Waals surface area contributed by atoms with Gasteiger partial charge in [-0.2, -0.15) is 0 Å². The molecule has 0 aliphatic heterocycles. The van der Waals surface area contributed by atoms with Crippen LogP contribution in [0.2, 0.25) is 0 Å². The molecule has 0 saturated carbocycles. The molecule has 0 bridgehead atoms. The minimum atomic E-state index is -0.709. The highest BCUT2D eigenvalue weighted by atomic mass is 35.5. The summed E-state index contributed by atoms with van der Waals surface area (Å²) in [6.07, 6.45) is 0. The number of benzene rings is 1. The standard InChI is InChI=1S/C14H21FN2O.ClH/c1-13(2,16)9-17-12(18)14(3,4)10-5-7-11(15)8-6-10;/h5-8H,9,16H2,1-4H3,(H,17,18);1H. The van der Waals surface area contributed by atoms with E-state index in [4.69, 9.17) is 5.73 Å². The SMILES string of the molecule is CC(C)(N)CNC(=O)C(C)(C)c1ccc(F)cc1.Cl. The quantitative estimate of drug-likeness (QED) is 0.894. The molecule has 3 N–H and O–H groups in total. The fraction of sp³-hybridized carbons (Fsp3) is 0.500. The first kappa shape index (κ1) is 17.9. The second-order valence-electron chi connectivity index (χ2n) is 5.80. The van der Waals surface area contributed by atoms with E-state index >= 15 is 0 Å². The van der Waals surface area contributed by atoms with Gasteiger partial charge in [-0.25, -0.2) is 4.39 Å². The molecule has 19 heavy (non-hydrogen) atoms. The van der Waals surface area contributed by atoms with E-state index in [0.29, 0.717) is 6.54 Å².